The number of nitrogens with one attached hydrogen (secondary N) is 1. The third-order valence-corrected chi connectivity index (χ3v) is 5.73. The Morgan fingerprint density at radius 2 is 1.72 bits per heavy atom. The second kappa shape index (κ2) is 10.7. The van der Waals surface area contributed by atoms with Crippen LogP contribution in [-0.2, 0) is 4.74 Å². The van der Waals surface area contributed by atoms with Crippen molar-refractivity contribution < 1.29 is 19.0 Å². The van der Waals surface area contributed by atoms with E-state index in [-0.39, 0.29) is 6.09 Å². The number of para-hydroxylation sites is 1. The third kappa shape index (κ3) is 5.94. The lowest BCUT2D eigenvalue weighted by molar-refractivity contribution is 0.0270. The van der Waals surface area contributed by atoms with Crippen LogP contribution in [0.3, 0.4) is 0 Å². The molecule has 1 aromatic heterocycles. The Hall–Kier alpha value is -4.07. The average molecular weight is 489 g/mol. The minimum Gasteiger partial charge on any atom is -0.496 e. The van der Waals surface area contributed by atoms with Crippen molar-refractivity contribution in [2.24, 2.45) is 0 Å². The number of anilines is 2. The van der Waals surface area contributed by atoms with Gasteiger partial charge in [-0.25, -0.2) is 14.8 Å². The van der Waals surface area contributed by atoms with Gasteiger partial charge in [-0.3, -0.25) is 0 Å². The zero-order valence-electron chi connectivity index (χ0n) is 21.4. The number of nitrogens with zero attached hydrogens (tertiary/aromatic N) is 3. The lowest BCUT2D eigenvalue weighted by Gasteiger charge is -2.30. The van der Waals surface area contributed by atoms with Crippen molar-refractivity contribution in [3.05, 3.63) is 66.5 Å². The Kier molecular flexibility index (Phi) is 7.43. The van der Waals surface area contributed by atoms with Crippen molar-refractivity contribution in [2.45, 2.75) is 32.8 Å². The summed E-state index contributed by atoms with van der Waals surface area (Å²) in [4.78, 5) is 23.0. The van der Waals surface area contributed by atoms with Gasteiger partial charge in [0.2, 0.25) is 0 Å². The molecular formula is C28H32N4O4. The van der Waals surface area contributed by atoms with Crippen LogP contribution in [0.2, 0.25) is 0 Å². The summed E-state index contributed by atoms with van der Waals surface area (Å²) >= 11 is 0. The molecule has 2 aromatic carbocycles. The maximum atomic E-state index is 12.4. The van der Waals surface area contributed by atoms with Gasteiger partial charge in [0.05, 0.1) is 19.9 Å². The van der Waals surface area contributed by atoms with Gasteiger partial charge in [-0.2, -0.15) is 0 Å². The van der Waals surface area contributed by atoms with Gasteiger partial charge >= 0.3 is 6.09 Å². The first kappa shape index (κ1) is 25.0. The highest BCUT2D eigenvalue weighted by atomic mass is 16.6. The molecule has 0 saturated carbocycles. The van der Waals surface area contributed by atoms with Crippen LogP contribution in [0.25, 0.3) is 16.8 Å². The highest BCUT2D eigenvalue weighted by molar-refractivity contribution is 5.78. The predicted octanol–water partition coefficient (Wildman–Crippen LogP) is 5.93. The van der Waals surface area contributed by atoms with E-state index < -0.39 is 5.60 Å². The maximum Gasteiger partial charge on any atom is 0.410 e. The SMILES string of the molecule is COc1ccc(Nc2cc(-c3ccccc3OC)ncn2)cc1C1=CCN(C(=O)OC(C)(C)C)CC1. The number of ether oxygens (including phenoxy) is 3. The summed E-state index contributed by atoms with van der Waals surface area (Å²) in [5.41, 5.74) is 4.10. The molecule has 4 rings (SSSR count). The standard InChI is InChI=1S/C28H32N4O4/c1-28(2,3)36-27(33)32-14-12-19(13-15-32)22-16-20(10-11-25(22)35-5)31-26-17-23(29-18-30-26)21-8-6-7-9-24(21)34-4/h6-12,16-18H,13-15H2,1-5H3,(H,29,30,31). The Bertz CT molecular complexity index is 1270. The fourth-order valence-corrected chi connectivity index (χ4v) is 4.02. The van der Waals surface area contributed by atoms with Crippen LogP contribution in [0.5, 0.6) is 11.5 Å². The molecule has 8 heteroatoms. The summed E-state index contributed by atoms with van der Waals surface area (Å²) in [6.45, 7) is 6.68. The van der Waals surface area contributed by atoms with Crippen LogP contribution in [-0.4, -0.2) is 53.9 Å². The second-order valence-electron chi connectivity index (χ2n) is 9.43. The normalized spacial score (nSPS) is 13.6. The number of benzene rings is 2. The van der Waals surface area contributed by atoms with Gasteiger partial charge in [0.25, 0.3) is 0 Å². The Balaban J connectivity index is 1.54. The highest BCUT2D eigenvalue weighted by Gasteiger charge is 2.24. The molecule has 0 unspecified atom stereocenters. The zero-order valence-corrected chi connectivity index (χ0v) is 21.4. The summed E-state index contributed by atoms with van der Waals surface area (Å²) in [5.74, 6) is 2.18. The number of rotatable bonds is 6. The van der Waals surface area contributed by atoms with Crippen molar-refractivity contribution in [1.29, 1.82) is 0 Å². The molecule has 1 N–H and O–H groups in total. The van der Waals surface area contributed by atoms with E-state index in [1.165, 1.54) is 6.33 Å². The number of hydrogen-bond donors (Lipinski definition) is 1. The minimum absolute atomic E-state index is 0.296. The largest absolute Gasteiger partial charge is 0.496 e. The number of hydrogen-bond acceptors (Lipinski definition) is 7. The van der Waals surface area contributed by atoms with E-state index in [1.807, 2.05) is 69.3 Å². The summed E-state index contributed by atoms with van der Waals surface area (Å²) in [7, 11) is 3.30. The van der Waals surface area contributed by atoms with E-state index in [0.717, 1.165) is 39.6 Å². The molecule has 8 nitrogen and oxygen atoms in total. The van der Waals surface area contributed by atoms with Gasteiger partial charge in [0.1, 0.15) is 29.2 Å². The van der Waals surface area contributed by atoms with Crippen LogP contribution in [0.4, 0.5) is 16.3 Å². The van der Waals surface area contributed by atoms with E-state index in [1.54, 1.807) is 19.1 Å². The van der Waals surface area contributed by atoms with Crippen LogP contribution in [0.1, 0.15) is 32.8 Å². The van der Waals surface area contributed by atoms with Crippen LogP contribution >= 0.6 is 0 Å². The summed E-state index contributed by atoms with van der Waals surface area (Å²) in [5, 5.41) is 3.38. The quantitative estimate of drug-likeness (QED) is 0.460. The second-order valence-corrected chi connectivity index (χ2v) is 9.43. The Labute approximate surface area is 211 Å². The average Bonchev–Trinajstić information content (AvgIpc) is 2.88. The van der Waals surface area contributed by atoms with Crippen LogP contribution < -0.4 is 14.8 Å². The molecule has 0 spiro atoms. The van der Waals surface area contributed by atoms with E-state index >= 15 is 0 Å². The molecule has 0 bridgehead atoms. The molecule has 0 radical (unpaired) electrons. The lowest BCUT2D eigenvalue weighted by Crippen LogP contribution is -2.39. The van der Waals surface area contributed by atoms with Gasteiger partial charge in [-0.1, -0.05) is 18.2 Å². The highest BCUT2D eigenvalue weighted by Crippen LogP contribution is 2.34. The molecule has 1 aliphatic rings. The minimum atomic E-state index is -0.517. The first-order valence-electron chi connectivity index (χ1n) is 11.9. The van der Waals surface area contributed by atoms with Gasteiger partial charge in [0.15, 0.2) is 0 Å². The monoisotopic (exact) mass is 488 g/mol. The Morgan fingerprint density at radius 1 is 0.972 bits per heavy atom. The van der Waals surface area contributed by atoms with Crippen molar-refractivity contribution in [3.63, 3.8) is 0 Å². The molecule has 1 amide bonds. The van der Waals surface area contributed by atoms with E-state index in [9.17, 15) is 4.79 Å². The topological polar surface area (TPSA) is 85.8 Å². The van der Waals surface area contributed by atoms with Crippen LogP contribution in [0.15, 0.2) is 60.9 Å². The molecule has 0 saturated heterocycles. The molecule has 0 atom stereocenters. The molecule has 0 aliphatic carbocycles. The maximum absolute atomic E-state index is 12.4. The molecule has 3 aromatic rings. The fraction of sp³-hybridized carbons (Fsp3) is 0.321. The number of methoxy groups -OCH3 is 2. The predicted molar refractivity (Wildman–Crippen MR) is 141 cm³/mol. The third-order valence-electron chi connectivity index (χ3n) is 5.73. The molecule has 36 heavy (non-hydrogen) atoms. The first-order chi connectivity index (χ1) is 17.3. The van der Waals surface area contributed by atoms with E-state index in [0.29, 0.717) is 25.3 Å². The smallest absolute Gasteiger partial charge is 0.410 e. The van der Waals surface area contributed by atoms with Gasteiger partial charge < -0.3 is 24.4 Å². The number of carbonyl (C=O) groups is 1. The van der Waals surface area contributed by atoms with Gasteiger partial charge in [-0.15, -0.1) is 0 Å². The van der Waals surface area contributed by atoms with Gasteiger partial charge in [0, 0.05) is 36.0 Å². The molecular weight excluding hydrogens is 456 g/mol. The van der Waals surface area contributed by atoms with Crippen molar-refractivity contribution in [1.82, 2.24) is 14.9 Å². The molecule has 0 fully saturated rings. The number of amides is 1. The van der Waals surface area contributed by atoms with Crippen molar-refractivity contribution >= 4 is 23.2 Å². The summed E-state index contributed by atoms with van der Waals surface area (Å²) in [6, 6.07) is 15.6. The Morgan fingerprint density at radius 3 is 2.42 bits per heavy atom. The van der Waals surface area contributed by atoms with Crippen molar-refractivity contribution in [3.8, 4) is 22.8 Å². The van der Waals surface area contributed by atoms with Crippen molar-refractivity contribution in [2.75, 3.05) is 32.6 Å². The van der Waals surface area contributed by atoms with E-state index in [2.05, 4.69) is 21.4 Å². The number of carbonyl (C=O) groups excluding carboxylic acids is 1. The molecule has 188 valence electrons. The van der Waals surface area contributed by atoms with Gasteiger partial charge in [-0.05, 0) is 63.1 Å². The fourth-order valence-electron chi connectivity index (χ4n) is 4.02. The zero-order chi connectivity index (χ0) is 25.7. The van der Waals surface area contributed by atoms with E-state index in [4.69, 9.17) is 14.2 Å². The lowest BCUT2D eigenvalue weighted by atomic mass is 9.98. The molecule has 2 heterocycles. The first-order valence-corrected chi connectivity index (χ1v) is 11.9. The summed E-state index contributed by atoms with van der Waals surface area (Å²) < 4.78 is 16.6. The number of aromatic nitrogens is 2. The summed E-state index contributed by atoms with van der Waals surface area (Å²) in [6.07, 6.45) is 3.99. The van der Waals surface area contributed by atoms with Crippen LogP contribution in [0, 0.1) is 0 Å². The molecule has 1 aliphatic heterocycles.